The minimum atomic E-state index is -4.20. The van der Waals surface area contributed by atoms with Gasteiger partial charge in [-0.3, -0.25) is 8.98 Å². The molecule has 0 aliphatic carbocycles. The van der Waals surface area contributed by atoms with Crippen molar-refractivity contribution >= 4 is 32.3 Å². The number of nitrogens with one attached hydrogen (secondary N) is 1. The molecule has 1 saturated heterocycles. The monoisotopic (exact) mass is 542 g/mol. The van der Waals surface area contributed by atoms with Gasteiger partial charge in [0.2, 0.25) is 15.9 Å². The molecule has 194 valence electrons. The number of carbonyl (C=O) groups is 2. The predicted octanol–water partition coefficient (Wildman–Crippen LogP) is 2.15. The maximum Gasteiger partial charge on any atom is 0.297 e. The zero-order valence-corrected chi connectivity index (χ0v) is 21.3. The van der Waals surface area contributed by atoms with Gasteiger partial charge in [-0.2, -0.15) is 12.7 Å². The zero-order chi connectivity index (χ0) is 26.5. The van der Waals surface area contributed by atoms with Crippen LogP contribution in [-0.4, -0.2) is 58.1 Å². The molecule has 0 spiro atoms. The Labute approximate surface area is 216 Å². The second kappa shape index (κ2) is 11.3. The van der Waals surface area contributed by atoms with Crippen LogP contribution in [0.4, 0.5) is 0 Å². The van der Waals surface area contributed by atoms with E-state index in [0.717, 1.165) is 9.87 Å². The van der Waals surface area contributed by atoms with Gasteiger partial charge in [0.25, 0.3) is 10.1 Å². The summed E-state index contributed by atoms with van der Waals surface area (Å²) < 4.78 is 58.8. The van der Waals surface area contributed by atoms with E-state index in [2.05, 4.69) is 5.32 Å². The minimum absolute atomic E-state index is 0.0458. The molecule has 0 aromatic heterocycles. The lowest BCUT2D eigenvalue weighted by Gasteiger charge is -2.24. The van der Waals surface area contributed by atoms with Crippen LogP contribution in [0, 0.1) is 0 Å². The molecule has 0 saturated carbocycles. The van der Waals surface area contributed by atoms with E-state index in [4.69, 9.17) is 4.18 Å². The van der Waals surface area contributed by atoms with Crippen LogP contribution in [0.25, 0.3) is 0 Å². The van der Waals surface area contributed by atoms with Gasteiger partial charge in [0.1, 0.15) is 12.3 Å². The molecule has 3 aromatic carbocycles. The highest BCUT2D eigenvalue weighted by Gasteiger charge is 2.46. The van der Waals surface area contributed by atoms with Crippen LogP contribution in [0.15, 0.2) is 101 Å². The van der Waals surface area contributed by atoms with E-state index in [1.807, 2.05) is 18.2 Å². The van der Waals surface area contributed by atoms with E-state index < -0.39 is 44.2 Å². The molecule has 0 unspecified atom stereocenters. The molecular weight excluding hydrogens is 516 g/mol. The van der Waals surface area contributed by atoms with Crippen LogP contribution in [0.3, 0.4) is 0 Å². The van der Waals surface area contributed by atoms with Gasteiger partial charge in [0.05, 0.1) is 21.9 Å². The number of carbonyl (C=O) groups excluding carboxylic acids is 2. The summed E-state index contributed by atoms with van der Waals surface area (Å²) in [6.07, 6.45) is -0.510. The van der Waals surface area contributed by atoms with Crippen molar-refractivity contribution in [3.05, 3.63) is 96.6 Å². The van der Waals surface area contributed by atoms with Crippen molar-refractivity contribution in [3.8, 4) is 0 Å². The van der Waals surface area contributed by atoms with Gasteiger partial charge in [-0.15, -0.1) is 0 Å². The van der Waals surface area contributed by atoms with Crippen LogP contribution in [0.5, 0.6) is 0 Å². The lowest BCUT2D eigenvalue weighted by molar-refractivity contribution is -0.126. The summed E-state index contributed by atoms with van der Waals surface area (Å²) in [5, 5.41) is 2.61. The smallest absolute Gasteiger partial charge is 0.297 e. The van der Waals surface area contributed by atoms with Gasteiger partial charge in [0.15, 0.2) is 0 Å². The lowest BCUT2D eigenvalue weighted by Crippen LogP contribution is -2.49. The summed E-state index contributed by atoms with van der Waals surface area (Å²) in [4.78, 5) is 24.9. The first-order valence-electron chi connectivity index (χ1n) is 11.6. The van der Waals surface area contributed by atoms with Crippen LogP contribution in [-0.2, 0) is 40.3 Å². The maximum atomic E-state index is 13.4. The van der Waals surface area contributed by atoms with Crippen LogP contribution >= 0.6 is 0 Å². The Morgan fingerprint density at radius 1 is 0.892 bits per heavy atom. The van der Waals surface area contributed by atoms with E-state index >= 15 is 0 Å². The molecule has 9 nitrogen and oxygen atoms in total. The fraction of sp³-hybridized carbons (Fsp3) is 0.231. The molecule has 3 aromatic rings. The number of hydrogen-bond acceptors (Lipinski definition) is 7. The highest BCUT2D eigenvalue weighted by molar-refractivity contribution is 7.89. The Morgan fingerprint density at radius 2 is 1.43 bits per heavy atom. The van der Waals surface area contributed by atoms with Crippen molar-refractivity contribution in [2.45, 2.75) is 40.8 Å². The molecule has 11 heteroatoms. The second-order valence-electron chi connectivity index (χ2n) is 8.57. The fourth-order valence-electron chi connectivity index (χ4n) is 4.17. The Kier molecular flexibility index (Phi) is 8.18. The Balaban J connectivity index is 1.59. The third kappa shape index (κ3) is 6.31. The number of benzene rings is 3. The van der Waals surface area contributed by atoms with E-state index in [0.29, 0.717) is 6.29 Å². The summed E-state index contributed by atoms with van der Waals surface area (Å²) in [5.41, 5.74) is 0.815. The number of nitrogens with zero attached hydrogens (tertiary/aromatic N) is 1. The summed E-state index contributed by atoms with van der Waals surface area (Å²) in [7, 11) is -8.38. The largest absolute Gasteiger partial charge is 0.345 e. The average molecular weight is 543 g/mol. The van der Waals surface area contributed by atoms with Gasteiger partial charge in [-0.05, 0) is 36.2 Å². The van der Waals surface area contributed by atoms with Crippen molar-refractivity contribution in [1.82, 2.24) is 9.62 Å². The highest BCUT2D eigenvalue weighted by atomic mass is 32.2. The van der Waals surface area contributed by atoms with E-state index in [9.17, 15) is 26.4 Å². The van der Waals surface area contributed by atoms with E-state index in [1.165, 1.54) is 24.3 Å². The lowest BCUT2D eigenvalue weighted by atomic mass is 10.1. The summed E-state index contributed by atoms with van der Waals surface area (Å²) in [6.45, 7) is -0.355. The molecule has 1 heterocycles. The third-order valence-electron chi connectivity index (χ3n) is 5.95. The van der Waals surface area contributed by atoms with Crippen molar-refractivity contribution in [3.63, 3.8) is 0 Å². The molecule has 4 rings (SSSR count). The molecule has 1 aliphatic heterocycles. The van der Waals surface area contributed by atoms with Gasteiger partial charge in [-0.25, -0.2) is 8.42 Å². The summed E-state index contributed by atoms with van der Waals surface area (Å²) in [5.74, 6) is -0.712. The summed E-state index contributed by atoms with van der Waals surface area (Å²) >= 11 is 0. The average Bonchev–Trinajstić information content (AvgIpc) is 3.34. The topological polar surface area (TPSA) is 127 Å². The molecule has 1 aliphatic rings. The standard InChI is InChI=1S/C26H26N2O7S2/c29-19-21(16-20-10-4-1-5-11-20)27-26(30)25-17-22(35-37(33,34)24-14-8-3-9-15-24)18-28(25)36(31,32)23-12-6-2-7-13-23/h1-15,19,21-22,25H,16-18H2,(H,27,30)/t21-,22-,25+/m0/s1. The first-order valence-corrected chi connectivity index (χ1v) is 14.4. The molecule has 1 N–H and O–H groups in total. The SMILES string of the molecule is O=C[C@H](Cc1ccccc1)NC(=O)[C@H]1C[C@H](OS(=O)(=O)c2ccccc2)CN1S(=O)(=O)c1ccccc1. The minimum Gasteiger partial charge on any atom is -0.345 e. The quantitative estimate of drug-likeness (QED) is 0.307. The van der Waals surface area contributed by atoms with Crippen LogP contribution in [0.2, 0.25) is 0 Å². The van der Waals surface area contributed by atoms with Crippen LogP contribution in [0.1, 0.15) is 12.0 Å². The first-order chi connectivity index (χ1) is 17.7. The third-order valence-corrected chi connectivity index (χ3v) is 9.22. The van der Waals surface area contributed by atoms with Gasteiger partial charge in [0, 0.05) is 13.0 Å². The van der Waals surface area contributed by atoms with Gasteiger partial charge < -0.3 is 10.1 Å². The number of rotatable bonds is 10. The fourth-order valence-corrected chi connectivity index (χ4v) is 6.92. The molecule has 3 atom stereocenters. The van der Waals surface area contributed by atoms with Crippen molar-refractivity contribution in [2.24, 2.45) is 0 Å². The normalized spacial score (nSPS) is 19.2. The maximum absolute atomic E-state index is 13.4. The molecule has 1 amide bonds. The summed E-state index contributed by atoms with van der Waals surface area (Å²) in [6, 6.07) is 21.9. The van der Waals surface area contributed by atoms with E-state index in [1.54, 1.807) is 48.5 Å². The van der Waals surface area contributed by atoms with Crippen molar-refractivity contribution in [2.75, 3.05) is 6.54 Å². The van der Waals surface area contributed by atoms with Gasteiger partial charge in [-0.1, -0.05) is 66.7 Å². The number of sulfonamides is 1. The van der Waals surface area contributed by atoms with Crippen LogP contribution < -0.4 is 5.32 Å². The van der Waals surface area contributed by atoms with Crippen molar-refractivity contribution in [1.29, 1.82) is 0 Å². The Morgan fingerprint density at radius 3 is 2.00 bits per heavy atom. The highest BCUT2D eigenvalue weighted by Crippen LogP contribution is 2.30. The van der Waals surface area contributed by atoms with Crippen molar-refractivity contribution < 1.29 is 30.6 Å². The Bertz CT molecular complexity index is 1430. The number of amides is 1. The first kappa shape index (κ1) is 26.7. The zero-order valence-electron chi connectivity index (χ0n) is 19.7. The van der Waals surface area contributed by atoms with Gasteiger partial charge >= 0.3 is 0 Å². The Hall–Kier alpha value is -3.38. The van der Waals surface area contributed by atoms with E-state index in [-0.39, 0.29) is 29.2 Å². The number of hydrogen-bond donors (Lipinski definition) is 1. The predicted molar refractivity (Wildman–Crippen MR) is 135 cm³/mol. The molecule has 0 radical (unpaired) electrons. The molecule has 0 bridgehead atoms. The number of aldehydes is 1. The molecule has 1 fully saturated rings. The molecular formula is C26H26N2O7S2. The second-order valence-corrected chi connectivity index (χ2v) is 12.0. The molecule has 37 heavy (non-hydrogen) atoms.